The van der Waals surface area contributed by atoms with Crippen LogP contribution in [-0.4, -0.2) is 68.3 Å². The molecule has 0 saturated carbocycles. The number of anilines is 3. The van der Waals surface area contributed by atoms with E-state index in [2.05, 4.69) is 52.3 Å². The van der Waals surface area contributed by atoms with Gasteiger partial charge in [-0.2, -0.15) is 15.0 Å². The number of rotatable bonds is 5. The Morgan fingerprint density at radius 1 is 1.03 bits per heavy atom. The van der Waals surface area contributed by atoms with Crippen molar-refractivity contribution >= 4 is 28.5 Å². The lowest BCUT2D eigenvalue weighted by molar-refractivity contribution is 0.311. The molecule has 5 rings (SSSR count). The summed E-state index contributed by atoms with van der Waals surface area (Å²) in [6.07, 6.45) is 0. The molecular weight excluding hydrogens is 432 g/mol. The lowest BCUT2D eigenvalue weighted by Crippen LogP contribution is -2.44. The van der Waals surface area contributed by atoms with Crippen LogP contribution in [0.15, 0.2) is 18.2 Å². The molecule has 4 aromatic rings. The number of aromatic nitrogens is 6. The fourth-order valence-corrected chi connectivity index (χ4v) is 3.74. The number of fused-ring (bicyclic) bond motifs is 1. The van der Waals surface area contributed by atoms with Gasteiger partial charge >= 0.3 is 6.01 Å². The van der Waals surface area contributed by atoms with Crippen LogP contribution in [0.5, 0.6) is 11.8 Å². The highest BCUT2D eigenvalue weighted by atomic mass is 19.1. The van der Waals surface area contributed by atoms with E-state index in [-0.39, 0.29) is 11.4 Å². The number of ether oxygens (including phenoxy) is 1. The molecule has 10 nitrogen and oxygen atoms in total. The summed E-state index contributed by atoms with van der Waals surface area (Å²) in [5, 5.41) is 10.0. The number of hydrogen-bond donors (Lipinski definition) is 3. The van der Waals surface area contributed by atoms with Crippen molar-refractivity contribution in [3.8, 4) is 11.8 Å². The van der Waals surface area contributed by atoms with E-state index in [1.807, 2.05) is 0 Å². The Bertz CT molecular complexity index is 1310. The third-order valence-corrected chi connectivity index (χ3v) is 5.46. The van der Waals surface area contributed by atoms with Gasteiger partial charge in [-0.1, -0.05) is 0 Å². The molecule has 172 valence electrons. The van der Waals surface area contributed by atoms with E-state index in [4.69, 9.17) is 4.74 Å². The average Bonchev–Trinajstić information content (AvgIpc) is 3.36. The number of nitrogens with zero attached hydrogens (tertiary/aromatic N) is 6. The Balaban J connectivity index is 1.52. The minimum atomic E-state index is -0.852. The van der Waals surface area contributed by atoms with Gasteiger partial charge in [0.05, 0.1) is 5.52 Å². The molecular formula is C21H23F2N9O. The van der Waals surface area contributed by atoms with Crippen LogP contribution < -0.4 is 15.0 Å². The van der Waals surface area contributed by atoms with Crippen LogP contribution in [0.4, 0.5) is 26.4 Å². The summed E-state index contributed by atoms with van der Waals surface area (Å²) >= 11 is 0. The van der Waals surface area contributed by atoms with E-state index in [0.717, 1.165) is 26.2 Å². The molecule has 0 aliphatic carbocycles. The van der Waals surface area contributed by atoms with Crippen LogP contribution in [0.3, 0.4) is 0 Å². The second-order valence-corrected chi connectivity index (χ2v) is 8.07. The molecule has 0 bridgehead atoms. The molecule has 3 N–H and O–H groups in total. The van der Waals surface area contributed by atoms with Gasteiger partial charge in [0.15, 0.2) is 11.6 Å². The SMILES string of the molecule is Cc1cc2c(F)c(Oc3nc(Nc4n[nH]c(C)n4)cc(N4CCN(C)CC4)n3)c(F)cc2[nH]1. The number of nitrogens with one attached hydrogen (secondary N) is 3. The van der Waals surface area contributed by atoms with Crippen LogP contribution in [0.2, 0.25) is 0 Å². The van der Waals surface area contributed by atoms with Gasteiger partial charge in [-0.05, 0) is 27.0 Å². The smallest absolute Gasteiger partial charge is 0.326 e. The van der Waals surface area contributed by atoms with Crippen molar-refractivity contribution in [2.24, 2.45) is 0 Å². The summed E-state index contributed by atoms with van der Waals surface area (Å²) in [6, 6.07) is 4.33. The molecule has 4 heterocycles. The average molecular weight is 455 g/mol. The van der Waals surface area contributed by atoms with Crippen LogP contribution in [0.25, 0.3) is 10.9 Å². The number of likely N-dealkylation sites (N-methyl/N-ethyl adjacent to an activating group) is 1. The predicted octanol–water partition coefficient (Wildman–Crippen LogP) is 3.26. The van der Waals surface area contributed by atoms with Gasteiger partial charge in [0.1, 0.15) is 17.5 Å². The zero-order chi connectivity index (χ0) is 23.1. The lowest BCUT2D eigenvalue weighted by Gasteiger charge is -2.33. The van der Waals surface area contributed by atoms with Crippen molar-refractivity contribution in [1.82, 2.24) is 35.0 Å². The molecule has 0 atom stereocenters. The summed E-state index contributed by atoms with van der Waals surface area (Å²) < 4.78 is 35.4. The predicted molar refractivity (Wildman–Crippen MR) is 119 cm³/mol. The number of halogens is 2. The molecule has 3 aromatic heterocycles. The second-order valence-electron chi connectivity index (χ2n) is 8.07. The van der Waals surface area contributed by atoms with Crippen molar-refractivity contribution in [2.75, 3.05) is 43.4 Å². The molecule has 0 spiro atoms. The van der Waals surface area contributed by atoms with Crippen molar-refractivity contribution in [3.05, 3.63) is 41.4 Å². The fourth-order valence-electron chi connectivity index (χ4n) is 3.74. The number of H-pyrrole nitrogens is 2. The third kappa shape index (κ3) is 4.29. The summed E-state index contributed by atoms with van der Waals surface area (Å²) in [5.41, 5.74) is 1.06. The van der Waals surface area contributed by atoms with Gasteiger partial charge in [0.2, 0.25) is 11.7 Å². The van der Waals surface area contributed by atoms with E-state index in [1.54, 1.807) is 26.0 Å². The molecule has 12 heteroatoms. The standard InChI is InChI=1S/C21H23F2N9O/c1-11-8-13-15(24-11)9-14(22)19(18(13)23)33-21-27-16(26-20-25-12(2)29-30-20)10-17(28-21)32-6-4-31(3)5-7-32/h8-10,24H,4-7H2,1-3H3,(H2,25,26,27,28,29,30). The number of aryl methyl sites for hydroxylation is 2. The molecule has 0 unspecified atom stereocenters. The van der Waals surface area contributed by atoms with Gasteiger partial charge < -0.3 is 24.8 Å². The molecule has 1 aromatic carbocycles. The number of hydrogen-bond acceptors (Lipinski definition) is 8. The van der Waals surface area contributed by atoms with Crippen LogP contribution >= 0.6 is 0 Å². The Morgan fingerprint density at radius 3 is 2.55 bits per heavy atom. The zero-order valence-corrected chi connectivity index (χ0v) is 18.4. The van der Waals surface area contributed by atoms with Gasteiger partial charge in [-0.3, -0.25) is 5.10 Å². The molecule has 1 aliphatic heterocycles. The lowest BCUT2D eigenvalue weighted by atomic mass is 10.2. The summed E-state index contributed by atoms with van der Waals surface area (Å²) in [5.74, 6) is -0.382. The Labute approximate surface area is 188 Å². The summed E-state index contributed by atoms with van der Waals surface area (Å²) in [4.78, 5) is 20.1. The van der Waals surface area contributed by atoms with Crippen molar-refractivity contribution < 1.29 is 13.5 Å². The first kappa shape index (κ1) is 21.1. The normalized spacial score (nSPS) is 14.8. The van der Waals surface area contributed by atoms with E-state index in [0.29, 0.717) is 34.6 Å². The second kappa shape index (κ2) is 8.28. The molecule has 1 aliphatic rings. The maximum atomic E-state index is 15.1. The van der Waals surface area contributed by atoms with E-state index in [1.165, 1.54) is 6.07 Å². The minimum absolute atomic E-state index is 0.189. The molecule has 0 radical (unpaired) electrons. The number of benzene rings is 1. The van der Waals surface area contributed by atoms with Gasteiger partial charge in [0.25, 0.3) is 0 Å². The van der Waals surface area contributed by atoms with Crippen molar-refractivity contribution in [3.63, 3.8) is 0 Å². The number of piperazine rings is 1. The molecule has 0 amide bonds. The Kier molecular flexibility index (Phi) is 5.29. The molecule has 1 fully saturated rings. The highest BCUT2D eigenvalue weighted by Crippen LogP contribution is 2.33. The third-order valence-electron chi connectivity index (χ3n) is 5.46. The topological polar surface area (TPSA) is 111 Å². The first-order chi connectivity index (χ1) is 15.9. The highest BCUT2D eigenvalue weighted by molar-refractivity contribution is 5.83. The quantitative estimate of drug-likeness (QED) is 0.421. The fraction of sp³-hybridized carbons (Fsp3) is 0.333. The van der Waals surface area contributed by atoms with E-state index in [9.17, 15) is 4.39 Å². The largest absolute Gasteiger partial charge is 0.418 e. The van der Waals surface area contributed by atoms with Gasteiger partial charge in [0, 0.05) is 49.4 Å². The van der Waals surface area contributed by atoms with Crippen LogP contribution in [0.1, 0.15) is 11.5 Å². The molecule has 33 heavy (non-hydrogen) atoms. The maximum Gasteiger partial charge on any atom is 0.326 e. The Hall–Kier alpha value is -3.80. The highest BCUT2D eigenvalue weighted by Gasteiger charge is 2.22. The van der Waals surface area contributed by atoms with Crippen molar-refractivity contribution in [1.29, 1.82) is 0 Å². The zero-order valence-electron chi connectivity index (χ0n) is 18.4. The first-order valence-electron chi connectivity index (χ1n) is 10.5. The van der Waals surface area contributed by atoms with Gasteiger partial charge in [-0.25, -0.2) is 8.78 Å². The first-order valence-corrected chi connectivity index (χ1v) is 10.5. The Morgan fingerprint density at radius 2 is 1.82 bits per heavy atom. The van der Waals surface area contributed by atoms with E-state index < -0.39 is 17.4 Å². The van der Waals surface area contributed by atoms with Gasteiger partial charge in [-0.15, -0.1) is 5.10 Å². The van der Waals surface area contributed by atoms with E-state index >= 15 is 4.39 Å². The monoisotopic (exact) mass is 455 g/mol. The summed E-state index contributed by atoms with van der Waals surface area (Å²) in [7, 11) is 2.05. The summed E-state index contributed by atoms with van der Waals surface area (Å²) in [6.45, 7) is 6.73. The molecule has 1 saturated heterocycles. The number of aromatic amines is 2. The maximum absolute atomic E-state index is 15.1. The van der Waals surface area contributed by atoms with Crippen LogP contribution in [0, 0.1) is 25.5 Å². The van der Waals surface area contributed by atoms with Crippen molar-refractivity contribution in [2.45, 2.75) is 13.8 Å². The van der Waals surface area contributed by atoms with Crippen LogP contribution in [-0.2, 0) is 0 Å². The minimum Gasteiger partial charge on any atom is -0.418 e.